The third-order valence-electron chi connectivity index (χ3n) is 3.88. The quantitative estimate of drug-likeness (QED) is 0.824. The Morgan fingerprint density at radius 2 is 2.28 bits per heavy atom. The molecule has 3 rings (SSSR count). The number of anilines is 1. The maximum Gasteiger partial charge on any atom is 0.150 e. The van der Waals surface area contributed by atoms with Crippen LogP contribution in [-0.4, -0.2) is 22.6 Å². The summed E-state index contributed by atoms with van der Waals surface area (Å²) in [5.74, 6) is 1.16. The number of piperidine rings is 1. The summed E-state index contributed by atoms with van der Waals surface area (Å²) in [6.07, 6.45) is 6.86. The van der Waals surface area contributed by atoms with Gasteiger partial charge in [-0.2, -0.15) is 0 Å². The lowest BCUT2D eigenvalue weighted by atomic mass is 10.00. The first-order chi connectivity index (χ1) is 8.81. The van der Waals surface area contributed by atoms with Gasteiger partial charge >= 0.3 is 0 Å². The summed E-state index contributed by atoms with van der Waals surface area (Å²) >= 11 is 1.78. The fourth-order valence-corrected chi connectivity index (χ4v) is 3.87. The highest BCUT2D eigenvalue weighted by molar-refractivity contribution is 7.18. The van der Waals surface area contributed by atoms with Gasteiger partial charge in [-0.25, -0.2) is 9.97 Å². The Labute approximate surface area is 112 Å². The molecule has 0 saturated carbocycles. The molecule has 1 aliphatic rings. The van der Waals surface area contributed by atoms with Gasteiger partial charge in [0, 0.05) is 12.6 Å². The molecule has 1 aliphatic heterocycles. The molecule has 0 N–H and O–H groups in total. The van der Waals surface area contributed by atoms with Crippen LogP contribution in [0.5, 0.6) is 0 Å². The molecule has 96 valence electrons. The molecule has 0 unspecified atom stereocenters. The molecule has 1 atom stereocenters. The number of hydrogen-bond acceptors (Lipinski definition) is 4. The largest absolute Gasteiger partial charge is 0.352 e. The number of rotatable bonds is 2. The summed E-state index contributed by atoms with van der Waals surface area (Å²) < 4.78 is 1.26. The highest BCUT2D eigenvalue weighted by atomic mass is 32.1. The van der Waals surface area contributed by atoms with Crippen molar-refractivity contribution in [2.45, 2.75) is 45.6 Å². The van der Waals surface area contributed by atoms with E-state index in [0.29, 0.717) is 6.04 Å². The number of hydrogen-bond donors (Lipinski definition) is 0. The normalized spacial score (nSPS) is 20.6. The van der Waals surface area contributed by atoms with Crippen molar-refractivity contribution in [3.63, 3.8) is 0 Å². The molecular formula is C14H19N3S. The van der Waals surface area contributed by atoms with E-state index >= 15 is 0 Å². The smallest absolute Gasteiger partial charge is 0.150 e. The van der Waals surface area contributed by atoms with Crippen molar-refractivity contribution >= 4 is 27.4 Å². The average molecular weight is 261 g/mol. The minimum atomic E-state index is 0.652. The van der Waals surface area contributed by atoms with Gasteiger partial charge in [0.05, 0.1) is 10.2 Å². The molecule has 3 nitrogen and oxygen atoms in total. The molecule has 1 fully saturated rings. The number of aryl methyl sites for hydroxylation is 1. The molecule has 0 aromatic carbocycles. The van der Waals surface area contributed by atoms with E-state index in [2.05, 4.69) is 34.1 Å². The summed E-state index contributed by atoms with van der Waals surface area (Å²) in [6.45, 7) is 5.55. The zero-order valence-corrected chi connectivity index (χ0v) is 11.8. The van der Waals surface area contributed by atoms with Crippen LogP contribution < -0.4 is 4.90 Å². The molecule has 1 saturated heterocycles. The van der Waals surface area contributed by atoms with E-state index in [0.717, 1.165) is 17.9 Å². The molecule has 0 spiro atoms. The predicted octanol–water partition coefficient (Wildman–Crippen LogP) is 3.77. The topological polar surface area (TPSA) is 29.0 Å². The van der Waals surface area contributed by atoms with Crippen molar-refractivity contribution in [1.29, 1.82) is 0 Å². The molecule has 2 aromatic rings. The van der Waals surface area contributed by atoms with Crippen LogP contribution in [0.25, 0.3) is 10.2 Å². The van der Waals surface area contributed by atoms with E-state index in [9.17, 15) is 0 Å². The molecule has 0 aliphatic carbocycles. The minimum Gasteiger partial charge on any atom is -0.352 e. The van der Waals surface area contributed by atoms with Gasteiger partial charge in [0.2, 0.25) is 0 Å². The maximum absolute atomic E-state index is 4.57. The molecule has 0 amide bonds. The second-order valence-electron chi connectivity index (χ2n) is 5.04. The Hall–Kier alpha value is -1.16. The predicted molar refractivity (Wildman–Crippen MR) is 77.4 cm³/mol. The summed E-state index contributed by atoms with van der Waals surface area (Å²) in [4.78, 5) is 11.5. The third kappa shape index (κ3) is 1.88. The van der Waals surface area contributed by atoms with Crippen LogP contribution in [-0.2, 0) is 0 Å². The van der Waals surface area contributed by atoms with E-state index in [-0.39, 0.29) is 0 Å². The van der Waals surface area contributed by atoms with Crippen LogP contribution in [0.3, 0.4) is 0 Å². The van der Waals surface area contributed by atoms with Crippen LogP contribution in [0.1, 0.15) is 38.2 Å². The van der Waals surface area contributed by atoms with Gasteiger partial charge in [-0.15, -0.1) is 11.3 Å². The SMILES string of the molecule is CC[C@H]1CCCCN1c1ncnc2c(C)csc12. The highest BCUT2D eigenvalue weighted by Crippen LogP contribution is 2.34. The summed E-state index contributed by atoms with van der Waals surface area (Å²) in [6, 6.07) is 0.652. The second-order valence-corrected chi connectivity index (χ2v) is 5.92. The van der Waals surface area contributed by atoms with Crippen molar-refractivity contribution in [2.75, 3.05) is 11.4 Å². The number of thiophene rings is 1. The third-order valence-corrected chi connectivity index (χ3v) is 4.97. The Morgan fingerprint density at radius 3 is 3.11 bits per heavy atom. The highest BCUT2D eigenvalue weighted by Gasteiger charge is 2.24. The van der Waals surface area contributed by atoms with Gasteiger partial charge in [-0.3, -0.25) is 0 Å². The summed E-state index contributed by atoms with van der Waals surface area (Å²) in [5, 5.41) is 2.19. The van der Waals surface area contributed by atoms with Crippen molar-refractivity contribution in [1.82, 2.24) is 9.97 Å². The van der Waals surface area contributed by atoms with E-state index in [1.165, 1.54) is 35.9 Å². The van der Waals surface area contributed by atoms with Crippen molar-refractivity contribution < 1.29 is 0 Å². The standard InChI is InChI=1S/C14H19N3S/c1-3-11-6-4-5-7-17(11)14-13-12(15-9-16-14)10(2)8-18-13/h8-9,11H,3-7H2,1-2H3/t11-/m0/s1. The van der Waals surface area contributed by atoms with Gasteiger partial charge in [0.1, 0.15) is 12.1 Å². The van der Waals surface area contributed by atoms with Crippen LogP contribution in [0.15, 0.2) is 11.7 Å². The zero-order chi connectivity index (χ0) is 12.5. The Morgan fingerprint density at radius 1 is 1.39 bits per heavy atom. The lowest BCUT2D eigenvalue weighted by molar-refractivity contribution is 0.448. The molecule has 0 bridgehead atoms. The lowest BCUT2D eigenvalue weighted by Gasteiger charge is -2.36. The van der Waals surface area contributed by atoms with Crippen LogP contribution in [0.4, 0.5) is 5.82 Å². The summed E-state index contributed by atoms with van der Waals surface area (Å²) in [5.41, 5.74) is 2.40. The van der Waals surface area contributed by atoms with Crippen LogP contribution in [0.2, 0.25) is 0 Å². The fourth-order valence-electron chi connectivity index (χ4n) is 2.87. The first-order valence-corrected chi connectivity index (χ1v) is 7.64. The van der Waals surface area contributed by atoms with Crippen LogP contribution in [0, 0.1) is 6.92 Å². The van der Waals surface area contributed by atoms with Crippen molar-refractivity contribution in [3.05, 3.63) is 17.3 Å². The fraction of sp³-hybridized carbons (Fsp3) is 0.571. The molecular weight excluding hydrogens is 242 g/mol. The van der Waals surface area contributed by atoms with Gasteiger partial charge in [0.15, 0.2) is 0 Å². The van der Waals surface area contributed by atoms with Gasteiger partial charge in [-0.1, -0.05) is 6.92 Å². The number of aromatic nitrogens is 2. The van der Waals surface area contributed by atoms with Gasteiger partial charge in [0.25, 0.3) is 0 Å². The average Bonchev–Trinajstić information content (AvgIpc) is 2.81. The minimum absolute atomic E-state index is 0.652. The molecule has 0 radical (unpaired) electrons. The van der Waals surface area contributed by atoms with Crippen LogP contribution >= 0.6 is 11.3 Å². The Bertz CT molecular complexity index is 549. The van der Waals surface area contributed by atoms with Gasteiger partial charge < -0.3 is 4.90 Å². The first-order valence-electron chi connectivity index (χ1n) is 6.76. The van der Waals surface area contributed by atoms with E-state index in [4.69, 9.17) is 0 Å². The zero-order valence-electron chi connectivity index (χ0n) is 11.0. The number of nitrogens with zero attached hydrogens (tertiary/aromatic N) is 3. The maximum atomic E-state index is 4.57. The molecule has 4 heteroatoms. The molecule has 18 heavy (non-hydrogen) atoms. The number of fused-ring (bicyclic) bond motifs is 1. The van der Waals surface area contributed by atoms with Gasteiger partial charge in [-0.05, 0) is 43.6 Å². The van der Waals surface area contributed by atoms with E-state index < -0.39 is 0 Å². The lowest BCUT2D eigenvalue weighted by Crippen LogP contribution is -2.39. The first kappa shape index (κ1) is 11.9. The second kappa shape index (κ2) is 4.84. The van der Waals surface area contributed by atoms with E-state index in [1.807, 2.05) is 0 Å². The molecule has 3 heterocycles. The van der Waals surface area contributed by atoms with Crippen molar-refractivity contribution in [2.24, 2.45) is 0 Å². The summed E-state index contributed by atoms with van der Waals surface area (Å²) in [7, 11) is 0. The Kier molecular flexibility index (Phi) is 3.20. The molecule has 2 aromatic heterocycles. The van der Waals surface area contributed by atoms with Crippen molar-refractivity contribution in [3.8, 4) is 0 Å². The Balaban J connectivity index is 2.07. The monoisotopic (exact) mass is 261 g/mol. The van der Waals surface area contributed by atoms with E-state index in [1.54, 1.807) is 17.7 Å².